The van der Waals surface area contributed by atoms with E-state index in [0.717, 1.165) is 0 Å². The Bertz CT molecular complexity index is 838. The summed E-state index contributed by atoms with van der Waals surface area (Å²) in [5.41, 5.74) is 1.49. The molecule has 0 N–H and O–H groups in total. The molecular formula is C18H15Cl2N3O2. The van der Waals surface area contributed by atoms with Gasteiger partial charge >= 0.3 is 0 Å². The summed E-state index contributed by atoms with van der Waals surface area (Å²) in [6.45, 7) is 0.620. The van der Waals surface area contributed by atoms with E-state index >= 15 is 0 Å². The number of nitriles is 1. The van der Waals surface area contributed by atoms with Crippen LogP contribution < -0.4 is 9.47 Å². The van der Waals surface area contributed by atoms with Crippen molar-refractivity contribution >= 4 is 34.9 Å². The number of halogens is 2. The Hall–Kier alpha value is -2.29. The molecule has 1 aliphatic carbocycles. The first-order valence-corrected chi connectivity index (χ1v) is 8.46. The SMILES string of the molecule is COc1ncc(/C(C#N)=C/c2c(Cl)cncc2Cl)cc1OCC1CC1. The lowest BCUT2D eigenvalue weighted by molar-refractivity contribution is 0.275. The molecule has 5 nitrogen and oxygen atoms in total. The van der Waals surface area contributed by atoms with Crippen LogP contribution in [-0.4, -0.2) is 23.7 Å². The minimum absolute atomic E-state index is 0.362. The van der Waals surface area contributed by atoms with Crippen LogP contribution in [0.5, 0.6) is 11.6 Å². The number of nitrogens with zero attached hydrogens (tertiary/aromatic N) is 3. The number of pyridine rings is 2. The normalized spacial score (nSPS) is 14.1. The molecule has 0 aromatic carbocycles. The van der Waals surface area contributed by atoms with Crippen LogP contribution in [0.25, 0.3) is 11.6 Å². The molecule has 0 bridgehead atoms. The second-order valence-electron chi connectivity index (χ2n) is 5.67. The maximum Gasteiger partial charge on any atom is 0.256 e. The van der Waals surface area contributed by atoms with Gasteiger partial charge in [0.2, 0.25) is 0 Å². The lowest BCUT2D eigenvalue weighted by atomic mass is 10.1. The van der Waals surface area contributed by atoms with Crippen molar-refractivity contribution in [3.05, 3.63) is 45.8 Å². The quantitative estimate of drug-likeness (QED) is 0.687. The molecule has 7 heteroatoms. The molecule has 0 amide bonds. The second kappa shape index (κ2) is 7.73. The number of aromatic nitrogens is 2. The maximum atomic E-state index is 9.55. The minimum atomic E-state index is 0.362. The first-order chi connectivity index (χ1) is 12.1. The number of allylic oxidation sites excluding steroid dienone is 1. The Kier molecular flexibility index (Phi) is 5.42. The summed E-state index contributed by atoms with van der Waals surface area (Å²) in [4.78, 5) is 8.14. The molecule has 2 heterocycles. The molecule has 0 saturated heterocycles. The average Bonchev–Trinajstić information content (AvgIpc) is 3.44. The molecule has 2 aromatic heterocycles. The van der Waals surface area contributed by atoms with E-state index in [1.54, 1.807) is 18.3 Å². The highest BCUT2D eigenvalue weighted by Gasteiger charge is 2.23. The van der Waals surface area contributed by atoms with E-state index in [1.807, 2.05) is 0 Å². The number of hydrogen-bond acceptors (Lipinski definition) is 5. The summed E-state index contributed by atoms with van der Waals surface area (Å²) in [5.74, 6) is 1.50. The largest absolute Gasteiger partial charge is 0.488 e. The minimum Gasteiger partial charge on any atom is -0.488 e. The standard InChI is InChI=1S/C18H15Cl2N3O2/c1-24-18-17(25-10-11-2-3-11)5-13(7-23-18)12(6-21)4-14-15(19)8-22-9-16(14)20/h4-5,7-9,11H,2-3,10H2,1H3/b12-4+. The van der Waals surface area contributed by atoms with Gasteiger partial charge in [0, 0.05) is 29.7 Å². The number of rotatable bonds is 6. The molecular weight excluding hydrogens is 361 g/mol. The van der Waals surface area contributed by atoms with Crippen molar-refractivity contribution in [3.63, 3.8) is 0 Å². The van der Waals surface area contributed by atoms with Crippen molar-refractivity contribution in [1.29, 1.82) is 5.26 Å². The molecule has 0 atom stereocenters. The van der Waals surface area contributed by atoms with Gasteiger partial charge in [-0.1, -0.05) is 23.2 Å². The van der Waals surface area contributed by atoms with Crippen LogP contribution in [-0.2, 0) is 0 Å². The summed E-state index contributed by atoms with van der Waals surface area (Å²) in [6.07, 6.45) is 8.48. The van der Waals surface area contributed by atoms with Crippen molar-refractivity contribution in [2.24, 2.45) is 5.92 Å². The average molecular weight is 376 g/mol. The van der Waals surface area contributed by atoms with Gasteiger partial charge in [0.05, 0.1) is 35.4 Å². The van der Waals surface area contributed by atoms with Crippen LogP contribution in [0, 0.1) is 17.2 Å². The smallest absolute Gasteiger partial charge is 0.256 e. The van der Waals surface area contributed by atoms with Gasteiger partial charge in [-0.25, -0.2) is 4.98 Å². The van der Waals surface area contributed by atoms with Crippen LogP contribution >= 0.6 is 23.2 Å². The topological polar surface area (TPSA) is 68.0 Å². The van der Waals surface area contributed by atoms with Gasteiger partial charge in [-0.2, -0.15) is 5.26 Å². The van der Waals surface area contributed by atoms with Crippen molar-refractivity contribution < 1.29 is 9.47 Å². The highest BCUT2D eigenvalue weighted by Crippen LogP contribution is 2.34. The van der Waals surface area contributed by atoms with E-state index < -0.39 is 0 Å². The molecule has 3 rings (SSSR count). The second-order valence-corrected chi connectivity index (χ2v) is 6.49. The van der Waals surface area contributed by atoms with E-state index in [2.05, 4.69) is 16.0 Å². The lowest BCUT2D eigenvalue weighted by Crippen LogP contribution is -2.02. The molecule has 1 saturated carbocycles. The zero-order chi connectivity index (χ0) is 17.8. The molecule has 2 aromatic rings. The molecule has 0 aliphatic heterocycles. The number of methoxy groups -OCH3 is 1. The Morgan fingerprint density at radius 3 is 2.64 bits per heavy atom. The van der Waals surface area contributed by atoms with E-state index in [4.69, 9.17) is 32.7 Å². The molecule has 128 valence electrons. The van der Waals surface area contributed by atoms with E-state index in [9.17, 15) is 5.26 Å². The Morgan fingerprint density at radius 2 is 2.04 bits per heavy atom. The predicted octanol–water partition coefficient (Wildman–Crippen LogP) is 4.64. The fourth-order valence-electron chi connectivity index (χ4n) is 2.21. The number of hydrogen-bond donors (Lipinski definition) is 0. The monoisotopic (exact) mass is 375 g/mol. The van der Waals surface area contributed by atoms with E-state index in [1.165, 1.54) is 32.3 Å². The summed E-state index contributed by atoms with van der Waals surface area (Å²) >= 11 is 12.3. The first kappa shape index (κ1) is 17.5. The first-order valence-electron chi connectivity index (χ1n) is 7.70. The molecule has 0 radical (unpaired) electrons. The summed E-state index contributed by atoms with van der Waals surface area (Å²) in [7, 11) is 1.53. The molecule has 1 aliphatic rings. The summed E-state index contributed by atoms with van der Waals surface area (Å²) < 4.78 is 11.0. The highest BCUT2D eigenvalue weighted by molar-refractivity contribution is 6.37. The lowest BCUT2D eigenvalue weighted by Gasteiger charge is -2.11. The zero-order valence-corrected chi connectivity index (χ0v) is 15.0. The third-order valence-corrected chi connectivity index (χ3v) is 4.40. The van der Waals surface area contributed by atoms with Gasteiger partial charge in [-0.05, 0) is 30.9 Å². The zero-order valence-electron chi connectivity index (χ0n) is 13.5. The van der Waals surface area contributed by atoms with E-state index in [-0.39, 0.29) is 0 Å². The van der Waals surface area contributed by atoms with Gasteiger partial charge in [0.25, 0.3) is 5.88 Å². The van der Waals surface area contributed by atoms with Crippen LogP contribution in [0.15, 0.2) is 24.7 Å². The molecule has 0 unspecified atom stereocenters. The van der Waals surface area contributed by atoms with Crippen molar-refractivity contribution in [2.45, 2.75) is 12.8 Å². The molecule has 1 fully saturated rings. The van der Waals surface area contributed by atoms with Gasteiger partial charge in [0.15, 0.2) is 5.75 Å². The van der Waals surface area contributed by atoms with Crippen LogP contribution in [0.1, 0.15) is 24.0 Å². The van der Waals surface area contributed by atoms with Crippen molar-refractivity contribution in [1.82, 2.24) is 9.97 Å². The van der Waals surface area contributed by atoms with Gasteiger partial charge < -0.3 is 9.47 Å². The van der Waals surface area contributed by atoms with Gasteiger partial charge in [0.1, 0.15) is 0 Å². The third kappa shape index (κ3) is 4.22. The van der Waals surface area contributed by atoms with Crippen molar-refractivity contribution in [3.8, 4) is 17.7 Å². The fraction of sp³-hybridized carbons (Fsp3) is 0.278. The molecule has 25 heavy (non-hydrogen) atoms. The van der Waals surface area contributed by atoms with Crippen LogP contribution in [0.4, 0.5) is 0 Å². The van der Waals surface area contributed by atoms with Crippen LogP contribution in [0.2, 0.25) is 10.0 Å². The molecule has 0 spiro atoms. The van der Waals surface area contributed by atoms with Crippen LogP contribution in [0.3, 0.4) is 0 Å². The van der Waals surface area contributed by atoms with Gasteiger partial charge in [-0.3, -0.25) is 4.98 Å². The third-order valence-electron chi connectivity index (χ3n) is 3.79. The maximum absolute atomic E-state index is 9.55. The van der Waals surface area contributed by atoms with Crippen molar-refractivity contribution in [2.75, 3.05) is 13.7 Å². The summed E-state index contributed by atoms with van der Waals surface area (Å²) in [6, 6.07) is 3.89. The van der Waals surface area contributed by atoms with E-state index in [0.29, 0.717) is 50.9 Å². The fourth-order valence-corrected chi connectivity index (χ4v) is 2.69. The number of ether oxygens (including phenoxy) is 2. The van der Waals surface area contributed by atoms with Gasteiger partial charge in [-0.15, -0.1) is 0 Å². The highest BCUT2D eigenvalue weighted by atomic mass is 35.5. The predicted molar refractivity (Wildman–Crippen MR) is 96.7 cm³/mol. The Balaban J connectivity index is 1.96. The Morgan fingerprint density at radius 1 is 1.32 bits per heavy atom. The Labute approximate surface area is 155 Å². The summed E-state index contributed by atoms with van der Waals surface area (Å²) in [5, 5.41) is 10.3.